The SMILES string of the molecule is CCCC(CNCC)N(CCC)CCC. The van der Waals surface area contributed by atoms with Crippen LogP contribution in [-0.4, -0.2) is 37.1 Å². The van der Waals surface area contributed by atoms with E-state index in [1.807, 2.05) is 0 Å². The molecule has 0 heterocycles. The highest BCUT2D eigenvalue weighted by atomic mass is 15.2. The Hall–Kier alpha value is -0.0800. The number of rotatable bonds is 10. The van der Waals surface area contributed by atoms with Crippen molar-refractivity contribution in [3.63, 3.8) is 0 Å². The monoisotopic (exact) mass is 214 g/mol. The van der Waals surface area contributed by atoms with Gasteiger partial charge < -0.3 is 5.32 Å². The van der Waals surface area contributed by atoms with E-state index < -0.39 is 0 Å². The maximum Gasteiger partial charge on any atom is 0.0220 e. The van der Waals surface area contributed by atoms with E-state index in [9.17, 15) is 0 Å². The molecule has 2 heteroatoms. The summed E-state index contributed by atoms with van der Waals surface area (Å²) in [5.41, 5.74) is 0. The third-order valence-corrected chi connectivity index (χ3v) is 2.79. The van der Waals surface area contributed by atoms with Gasteiger partial charge >= 0.3 is 0 Å². The predicted octanol–water partition coefficient (Wildman–Crippen LogP) is 2.89. The molecule has 0 aliphatic carbocycles. The second kappa shape index (κ2) is 10.4. The number of hydrogen-bond donors (Lipinski definition) is 1. The molecule has 0 fully saturated rings. The fourth-order valence-electron chi connectivity index (χ4n) is 2.11. The zero-order chi connectivity index (χ0) is 11.5. The molecular weight excluding hydrogens is 184 g/mol. The summed E-state index contributed by atoms with van der Waals surface area (Å²) < 4.78 is 0. The molecule has 0 radical (unpaired) electrons. The molecule has 1 unspecified atom stereocenters. The summed E-state index contributed by atoms with van der Waals surface area (Å²) in [6.45, 7) is 13.8. The van der Waals surface area contributed by atoms with Crippen molar-refractivity contribution < 1.29 is 0 Å². The topological polar surface area (TPSA) is 15.3 Å². The van der Waals surface area contributed by atoms with Crippen LogP contribution in [0.4, 0.5) is 0 Å². The molecule has 0 aromatic carbocycles. The first-order valence-corrected chi connectivity index (χ1v) is 6.74. The van der Waals surface area contributed by atoms with Crippen molar-refractivity contribution in [1.82, 2.24) is 10.2 Å². The summed E-state index contributed by atoms with van der Waals surface area (Å²) in [6, 6.07) is 0.745. The van der Waals surface area contributed by atoms with Crippen LogP contribution in [0.15, 0.2) is 0 Å². The Balaban J connectivity index is 4.09. The highest BCUT2D eigenvalue weighted by Crippen LogP contribution is 2.08. The van der Waals surface area contributed by atoms with Crippen LogP contribution < -0.4 is 5.32 Å². The van der Waals surface area contributed by atoms with Crippen LogP contribution in [0, 0.1) is 0 Å². The summed E-state index contributed by atoms with van der Waals surface area (Å²) in [5.74, 6) is 0. The van der Waals surface area contributed by atoms with E-state index in [1.54, 1.807) is 0 Å². The van der Waals surface area contributed by atoms with Crippen molar-refractivity contribution in [2.75, 3.05) is 26.2 Å². The Morgan fingerprint density at radius 2 is 1.53 bits per heavy atom. The number of nitrogens with zero attached hydrogens (tertiary/aromatic N) is 1. The lowest BCUT2D eigenvalue weighted by Gasteiger charge is -2.31. The van der Waals surface area contributed by atoms with Crippen LogP contribution in [0.5, 0.6) is 0 Å². The Kier molecular flexibility index (Phi) is 10.4. The maximum atomic E-state index is 3.49. The number of hydrogen-bond acceptors (Lipinski definition) is 2. The minimum atomic E-state index is 0.745. The second-order valence-corrected chi connectivity index (χ2v) is 4.29. The minimum absolute atomic E-state index is 0.745. The number of nitrogens with one attached hydrogen (secondary N) is 1. The molecule has 0 saturated carbocycles. The van der Waals surface area contributed by atoms with Crippen molar-refractivity contribution in [3.8, 4) is 0 Å². The van der Waals surface area contributed by atoms with Crippen molar-refractivity contribution >= 4 is 0 Å². The van der Waals surface area contributed by atoms with E-state index in [1.165, 1.54) is 38.8 Å². The van der Waals surface area contributed by atoms with Crippen molar-refractivity contribution in [2.24, 2.45) is 0 Å². The Morgan fingerprint density at radius 3 is 1.93 bits per heavy atom. The molecule has 0 rings (SSSR count). The lowest BCUT2D eigenvalue weighted by Crippen LogP contribution is -2.43. The van der Waals surface area contributed by atoms with E-state index in [0.717, 1.165) is 19.1 Å². The van der Waals surface area contributed by atoms with Gasteiger partial charge in [-0.15, -0.1) is 0 Å². The summed E-state index contributed by atoms with van der Waals surface area (Å²) in [4.78, 5) is 2.66. The fourth-order valence-corrected chi connectivity index (χ4v) is 2.11. The Labute approximate surface area is 96.4 Å². The molecule has 0 aliphatic rings. The van der Waals surface area contributed by atoms with Gasteiger partial charge in [-0.3, -0.25) is 4.90 Å². The summed E-state index contributed by atoms with van der Waals surface area (Å²) in [6.07, 6.45) is 5.16. The summed E-state index contributed by atoms with van der Waals surface area (Å²) in [7, 11) is 0. The van der Waals surface area contributed by atoms with Crippen LogP contribution in [0.25, 0.3) is 0 Å². The molecule has 0 amide bonds. The van der Waals surface area contributed by atoms with Crippen LogP contribution in [0.1, 0.15) is 53.4 Å². The lowest BCUT2D eigenvalue weighted by molar-refractivity contribution is 0.182. The molecule has 0 aromatic heterocycles. The molecular formula is C13H30N2. The average Bonchev–Trinajstić information content (AvgIpc) is 2.24. The van der Waals surface area contributed by atoms with Crippen LogP contribution in [0.3, 0.4) is 0 Å². The molecule has 1 N–H and O–H groups in total. The number of likely N-dealkylation sites (N-methyl/N-ethyl adjacent to an activating group) is 1. The minimum Gasteiger partial charge on any atom is -0.315 e. The lowest BCUT2D eigenvalue weighted by atomic mass is 10.1. The van der Waals surface area contributed by atoms with E-state index in [-0.39, 0.29) is 0 Å². The molecule has 0 aromatic rings. The van der Waals surface area contributed by atoms with E-state index in [2.05, 4.69) is 37.9 Å². The maximum absolute atomic E-state index is 3.49. The van der Waals surface area contributed by atoms with Gasteiger partial charge in [-0.1, -0.05) is 34.1 Å². The third kappa shape index (κ3) is 6.91. The second-order valence-electron chi connectivity index (χ2n) is 4.29. The van der Waals surface area contributed by atoms with Crippen molar-refractivity contribution in [3.05, 3.63) is 0 Å². The van der Waals surface area contributed by atoms with Crippen molar-refractivity contribution in [2.45, 2.75) is 59.4 Å². The van der Waals surface area contributed by atoms with E-state index in [4.69, 9.17) is 0 Å². The van der Waals surface area contributed by atoms with Gasteiger partial charge in [0.25, 0.3) is 0 Å². The quantitative estimate of drug-likeness (QED) is 0.601. The smallest absolute Gasteiger partial charge is 0.0220 e. The van der Waals surface area contributed by atoms with Gasteiger partial charge in [0.15, 0.2) is 0 Å². The molecule has 0 aliphatic heterocycles. The predicted molar refractivity (Wildman–Crippen MR) is 69.4 cm³/mol. The zero-order valence-corrected chi connectivity index (χ0v) is 11.2. The van der Waals surface area contributed by atoms with Crippen LogP contribution in [-0.2, 0) is 0 Å². The van der Waals surface area contributed by atoms with Crippen LogP contribution >= 0.6 is 0 Å². The van der Waals surface area contributed by atoms with Gasteiger partial charge in [0.05, 0.1) is 0 Å². The zero-order valence-electron chi connectivity index (χ0n) is 11.2. The first-order valence-electron chi connectivity index (χ1n) is 6.74. The molecule has 0 saturated heterocycles. The van der Waals surface area contributed by atoms with Gasteiger partial charge in [-0.25, -0.2) is 0 Å². The van der Waals surface area contributed by atoms with Gasteiger partial charge in [0, 0.05) is 12.6 Å². The molecule has 0 bridgehead atoms. The van der Waals surface area contributed by atoms with E-state index in [0.29, 0.717) is 0 Å². The first-order chi connectivity index (χ1) is 7.29. The van der Waals surface area contributed by atoms with Gasteiger partial charge in [0.2, 0.25) is 0 Å². The average molecular weight is 214 g/mol. The largest absolute Gasteiger partial charge is 0.315 e. The Bertz CT molecular complexity index is 120. The fraction of sp³-hybridized carbons (Fsp3) is 1.00. The first kappa shape index (κ1) is 14.9. The molecule has 1 atom stereocenters. The molecule has 2 nitrogen and oxygen atoms in total. The van der Waals surface area contributed by atoms with Crippen molar-refractivity contribution in [1.29, 1.82) is 0 Å². The highest BCUT2D eigenvalue weighted by Gasteiger charge is 2.15. The summed E-state index contributed by atoms with van der Waals surface area (Å²) in [5, 5.41) is 3.49. The summed E-state index contributed by atoms with van der Waals surface area (Å²) >= 11 is 0. The van der Waals surface area contributed by atoms with Gasteiger partial charge in [-0.2, -0.15) is 0 Å². The van der Waals surface area contributed by atoms with E-state index >= 15 is 0 Å². The van der Waals surface area contributed by atoms with Gasteiger partial charge in [0.1, 0.15) is 0 Å². The molecule has 0 spiro atoms. The third-order valence-electron chi connectivity index (χ3n) is 2.79. The Morgan fingerprint density at radius 1 is 0.933 bits per heavy atom. The van der Waals surface area contributed by atoms with Crippen LogP contribution in [0.2, 0.25) is 0 Å². The molecule has 15 heavy (non-hydrogen) atoms. The standard InChI is InChI=1S/C13H30N2/c1-5-9-13(12-14-8-4)15(10-6-2)11-7-3/h13-14H,5-12H2,1-4H3. The molecule has 92 valence electrons. The highest BCUT2D eigenvalue weighted by molar-refractivity contribution is 4.73. The van der Waals surface area contributed by atoms with Gasteiger partial charge in [-0.05, 0) is 38.9 Å². The normalized spacial score (nSPS) is 13.4.